The van der Waals surface area contributed by atoms with Crippen molar-refractivity contribution in [3.05, 3.63) is 53.3 Å². The maximum absolute atomic E-state index is 13.5. The smallest absolute Gasteiger partial charge is 0.258 e. The van der Waals surface area contributed by atoms with E-state index in [1.54, 1.807) is 23.1 Å². The summed E-state index contributed by atoms with van der Waals surface area (Å²) in [6, 6.07) is 9.00. The van der Waals surface area contributed by atoms with Gasteiger partial charge in [0.1, 0.15) is 5.82 Å². The van der Waals surface area contributed by atoms with E-state index in [9.17, 15) is 14.3 Å². The number of hydrogen-bond acceptors (Lipinski definition) is 4. The van der Waals surface area contributed by atoms with Crippen LogP contribution in [0.2, 0.25) is 0 Å². The van der Waals surface area contributed by atoms with E-state index in [0.717, 1.165) is 0 Å². The number of benzene rings is 2. The van der Waals surface area contributed by atoms with E-state index in [-0.39, 0.29) is 5.91 Å². The fourth-order valence-corrected chi connectivity index (χ4v) is 2.90. The molecule has 2 aromatic carbocycles. The second-order valence-electron chi connectivity index (χ2n) is 5.53. The lowest BCUT2D eigenvalue weighted by molar-refractivity contribution is 0.0970. The second-order valence-corrected chi connectivity index (χ2v) is 5.53. The molecule has 1 aliphatic heterocycles. The van der Waals surface area contributed by atoms with Gasteiger partial charge in [-0.25, -0.2) is 4.39 Å². The molecule has 1 N–H and O–H groups in total. The lowest BCUT2D eigenvalue weighted by Crippen LogP contribution is -2.36. The lowest BCUT2D eigenvalue weighted by Gasteiger charge is -2.32. The second kappa shape index (κ2) is 6.49. The topological polar surface area (TPSA) is 59.0 Å². The number of hydrogen-bond donors (Lipinski definition) is 1. The van der Waals surface area contributed by atoms with Gasteiger partial charge < -0.3 is 19.5 Å². The lowest BCUT2D eigenvalue weighted by atomic mass is 9.98. The average Bonchev–Trinajstić information content (AvgIpc) is 2.61. The van der Waals surface area contributed by atoms with Crippen LogP contribution in [0.4, 0.5) is 10.1 Å². The normalized spacial score (nSPS) is 16.5. The molecule has 1 heterocycles. The third-order valence-corrected chi connectivity index (χ3v) is 4.14. The predicted octanol–water partition coefficient (Wildman–Crippen LogP) is 2.93. The molecule has 2 aromatic rings. The molecule has 0 aromatic heterocycles. The number of carbonyl (C=O) groups excluding carboxylic acids is 1. The maximum atomic E-state index is 13.5. The fourth-order valence-electron chi connectivity index (χ4n) is 2.90. The molecule has 0 radical (unpaired) electrons. The van der Waals surface area contributed by atoms with Gasteiger partial charge in [0, 0.05) is 23.4 Å². The van der Waals surface area contributed by atoms with Crippen LogP contribution in [-0.2, 0) is 0 Å². The van der Waals surface area contributed by atoms with E-state index in [1.165, 1.54) is 32.4 Å². The number of methoxy groups -OCH3 is 2. The summed E-state index contributed by atoms with van der Waals surface area (Å²) in [7, 11) is 3.03. The van der Waals surface area contributed by atoms with Crippen molar-refractivity contribution < 1.29 is 23.8 Å². The summed E-state index contributed by atoms with van der Waals surface area (Å²) >= 11 is 0. The van der Waals surface area contributed by atoms with Crippen LogP contribution in [-0.4, -0.2) is 31.8 Å². The summed E-state index contributed by atoms with van der Waals surface area (Å²) in [4.78, 5) is 14.4. The van der Waals surface area contributed by atoms with E-state index >= 15 is 0 Å². The van der Waals surface area contributed by atoms with Crippen molar-refractivity contribution in [2.45, 2.75) is 12.5 Å². The van der Waals surface area contributed by atoms with Crippen LogP contribution in [0.15, 0.2) is 36.4 Å². The number of fused-ring (bicyclic) bond motifs is 1. The molecule has 5 nitrogen and oxygen atoms in total. The molecule has 0 fully saturated rings. The van der Waals surface area contributed by atoms with Gasteiger partial charge in [-0.05, 0) is 42.8 Å². The largest absolute Gasteiger partial charge is 0.493 e. The monoisotopic (exact) mass is 331 g/mol. The Bertz CT molecular complexity index is 778. The number of ether oxygens (including phenoxy) is 2. The van der Waals surface area contributed by atoms with Crippen LogP contribution in [0.1, 0.15) is 28.4 Å². The van der Waals surface area contributed by atoms with Crippen LogP contribution in [0.5, 0.6) is 11.5 Å². The van der Waals surface area contributed by atoms with Crippen LogP contribution in [0.25, 0.3) is 0 Å². The van der Waals surface area contributed by atoms with Crippen molar-refractivity contribution in [3.63, 3.8) is 0 Å². The molecule has 1 amide bonds. The highest BCUT2D eigenvalue weighted by Gasteiger charge is 2.29. The van der Waals surface area contributed by atoms with Gasteiger partial charge in [-0.15, -0.1) is 0 Å². The number of amides is 1. The standard InChI is InChI=1S/C18H18FNO4/c1-23-16-6-3-11(9-17(16)24-2)18(22)20-8-7-15(21)13-10-12(19)4-5-14(13)20/h3-6,9-10,15,21H,7-8H2,1-2H3. The number of anilines is 1. The zero-order valence-electron chi connectivity index (χ0n) is 13.5. The van der Waals surface area contributed by atoms with Crippen molar-refractivity contribution in [3.8, 4) is 11.5 Å². The van der Waals surface area contributed by atoms with Crippen molar-refractivity contribution in [2.75, 3.05) is 25.7 Å². The van der Waals surface area contributed by atoms with Crippen molar-refractivity contribution in [2.24, 2.45) is 0 Å². The summed E-state index contributed by atoms with van der Waals surface area (Å²) in [6.45, 7) is 0.354. The van der Waals surface area contributed by atoms with Gasteiger partial charge in [-0.2, -0.15) is 0 Å². The molecule has 1 atom stereocenters. The molecule has 0 bridgehead atoms. The number of aliphatic hydroxyl groups excluding tert-OH is 1. The minimum Gasteiger partial charge on any atom is -0.493 e. The summed E-state index contributed by atoms with van der Waals surface area (Å²) in [6.07, 6.45) is -0.416. The summed E-state index contributed by atoms with van der Waals surface area (Å²) in [5.41, 5.74) is 1.38. The molecule has 0 aliphatic carbocycles. The molecular formula is C18H18FNO4. The first-order valence-corrected chi connectivity index (χ1v) is 7.56. The first kappa shape index (κ1) is 16.3. The Labute approximate surface area is 139 Å². The van der Waals surface area contributed by atoms with Crippen molar-refractivity contribution in [1.82, 2.24) is 0 Å². The van der Waals surface area contributed by atoms with E-state index in [1.807, 2.05) is 0 Å². The van der Waals surface area contributed by atoms with E-state index in [0.29, 0.717) is 41.3 Å². The molecule has 126 valence electrons. The zero-order chi connectivity index (χ0) is 17.3. The van der Waals surface area contributed by atoms with Gasteiger partial charge in [-0.3, -0.25) is 4.79 Å². The molecular weight excluding hydrogens is 313 g/mol. The number of carbonyl (C=O) groups is 1. The minimum absolute atomic E-state index is 0.240. The minimum atomic E-state index is -0.773. The van der Waals surface area contributed by atoms with Crippen molar-refractivity contribution in [1.29, 1.82) is 0 Å². The summed E-state index contributed by atoms with van der Waals surface area (Å²) in [5, 5.41) is 10.1. The third kappa shape index (κ3) is 2.80. The highest BCUT2D eigenvalue weighted by molar-refractivity contribution is 6.07. The Balaban J connectivity index is 1.98. The van der Waals surface area contributed by atoms with E-state index < -0.39 is 11.9 Å². The molecule has 1 aliphatic rings. The highest BCUT2D eigenvalue weighted by atomic mass is 19.1. The first-order valence-electron chi connectivity index (χ1n) is 7.56. The molecule has 6 heteroatoms. The van der Waals surface area contributed by atoms with E-state index in [2.05, 4.69) is 0 Å². The molecule has 0 saturated heterocycles. The number of aliphatic hydroxyl groups is 1. The summed E-state index contributed by atoms with van der Waals surface area (Å²) < 4.78 is 23.9. The van der Waals surface area contributed by atoms with Crippen LogP contribution < -0.4 is 14.4 Å². The molecule has 1 unspecified atom stereocenters. The fraction of sp³-hybridized carbons (Fsp3) is 0.278. The Hall–Kier alpha value is -2.60. The van der Waals surface area contributed by atoms with Gasteiger partial charge >= 0.3 is 0 Å². The van der Waals surface area contributed by atoms with Gasteiger partial charge in [0.15, 0.2) is 11.5 Å². The quantitative estimate of drug-likeness (QED) is 0.939. The number of halogens is 1. The molecule has 3 rings (SSSR count). The van der Waals surface area contributed by atoms with Crippen LogP contribution >= 0.6 is 0 Å². The number of rotatable bonds is 3. The number of nitrogens with zero attached hydrogens (tertiary/aromatic N) is 1. The Morgan fingerprint density at radius 2 is 1.92 bits per heavy atom. The van der Waals surface area contributed by atoms with Gasteiger partial charge in [0.2, 0.25) is 0 Å². The Morgan fingerprint density at radius 1 is 1.17 bits per heavy atom. The summed E-state index contributed by atoms with van der Waals surface area (Å²) in [5.74, 6) is 0.314. The van der Waals surface area contributed by atoms with Gasteiger partial charge in [0.25, 0.3) is 5.91 Å². The maximum Gasteiger partial charge on any atom is 0.258 e. The van der Waals surface area contributed by atoms with E-state index in [4.69, 9.17) is 9.47 Å². The Morgan fingerprint density at radius 3 is 2.62 bits per heavy atom. The van der Waals surface area contributed by atoms with Gasteiger partial charge in [-0.1, -0.05) is 0 Å². The molecule has 0 saturated carbocycles. The zero-order valence-corrected chi connectivity index (χ0v) is 13.5. The van der Waals surface area contributed by atoms with Crippen LogP contribution in [0, 0.1) is 5.82 Å². The van der Waals surface area contributed by atoms with Gasteiger partial charge in [0.05, 0.1) is 20.3 Å². The first-order chi connectivity index (χ1) is 11.5. The van der Waals surface area contributed by atoms with Crippen LogP contribution in [0.3, 0.4) is 0 Å². The third-order valence-electron chi connectivity index (χ3n) is 4.14. The molecule has 0 spiro atoms. The average molecular weight is 331 g/mol. The predicted molar refractivity (Wildman–Crippen MR) is 87.2 cm³/mol. The Kier molecular flexibility index (Phi) is 4.40. The molecule has 24 heavy (non-hydrogen) atoms. The van der Waals surface area contributed by atoms with Crippen molar-refractivity contribution >= 4 is 11.6 Å². The SMILES string of the molecule is COc1ccc(C(=O)N2CCC(O)c3cc(F)ccc32)cc1OC. The highest BCUT2D eigenvalue weighted by Crippen LogP contribution is 2.36.